The third-order valence-corrected chi connectivity index (χ3v) is 8.22. The molecule has 0 unspecified atom stereocenters. The van der Waals surface area contributed by atoms with Crippen LogP contribution < -0.4 is 5.73 Å². The van der Waals surface area contributed by atoms with Crippen molar-refractivity contribution in [1.29, 1.82) is 0 Å². The number of carbonyl (C=O) groups excluding carboxylic acids is 2. The number of aliphatic imine (C=N–C) groups is 2. The molecule has 0 aliphatic heterocycles. The van der Waals surface area contributed by atoms with E-state index in [-0.39, 0.29) is 11.6 Å². The quantitative estimate of drug-likeness (QED) is 0.0885. The number of anilines is 1. The molecule has 0 saturated heterocycles. The second kappa shape index (κ2) is 20.5. The van der Waals surface area contributed by atoms with Crippen LogP contribution in [-0.4, -0.2) is 23.0 Å². The summed E-state index contributed by atoms with van der Waals surface area (Å²) in [5.41, 5.74) is 18.0. The Bertz CT molecular complexity index is 1920. The first-order valence-electron chi connectivity index (χ1n) is 17.4. The number of benzene rings is 6. The van der Waals surface area contributed by atoms with E-state index in [0.717, 1.165) is 47.7 Å². The molecule has 262 valence electrons. The van der Waals surface area contributed by atoms with Crippen molar-refractivity contribution in [2.75, 3.05) is 5.73 Å². The molecule has 0 aromatic heterocycles. The molecule has 6 aromatic carbocycles. The second-order valence-electron chi connectivity index (χ2n) is 12.6. The molecule has 0 amide bonds. The number of hydrogen-bond acceptors (Lipinski definition) is 5. The summed E-state index contributed by atoms with van der Waals surface area (Å²) < 4.78 is 0. The molecule has 0 bridgehead atoms. The van der Waals surface area contributed by atoms with E-state index in [1.165, 1.54) is 47.2 Å². The molecule has 6 aromatic rings. The van der Waals surface area contributed by atoms with E-state index >= 15 is 0 Å². The number of nitrogens with zero attached hydrogens (tertiary/aromatic N) is 2. The number of rotatable bonds is 10. The highest BCUT2D eigenvalue weighted by atomic mass is 16.2. The van der Waals surface area contributed by atoms with E-state index in [4.69, 9.17) is 15.7 Å². The maximum Gasteiger partial charge on any atom is 0.195 e. The van der Waals surface area contributed by atoms with Crippen LogP contribution in [0.25, 0.3) is 0 Å². The first-order valence-corrected chi connectivity index (χ1v) is 17.4. The summed E-state index contributed by atoms with van der Waals surface area (Å²) in [5.74, 6) is -0.759. The maximum atomic E-state index is 9.79. The molecule has 2 N–H and O–H groups in total. The van der Waals surface area contributed by atoms with Gasteiger partial charge < -0.3 is 5.73 Å². The molecule has 0 fully saturated rings. The van der Waals surface area contributed by atoms with Crippen molar-refractivity contribution in [1.82, 2.24) is 0 Å². The van der Waals surface area contributed by atoms with Gasteiger partial charge >= 0.3 is 0 Å². The number of ketones is 2. The lowest BCUT2D eigenvalue weighted by molar-refractivity contribution is -0.134. The smallest absolute Gasteiger partial charge is 0.195 e. The van der Waals surface area contributed by atoms with Crippen molar-refractivity contribution in [2.45, 2.75) is 47.0 Å². The Balaban J connectivity index is 0.000000248. The first kappa shape index (κ1) is 38.6. The van der Waals surface area contributed by atoms with E-state index in [9.17, 15) is 9.59 Å². The SMILES string of the molecule is CC(=Nc1ccc(Cc2ccccc2)cc1)C(C)=Nc1ccc(Cc2ccccc2)cc1.CC(=O)C(C)=O.Nc1ccc(Cc2ccccc2)cc1. The standard InChI is InChI=1S/C30H28N2.C13H13N.C4H6O2/c1-23(31-29-17-13-27(14-18-29)21-25-9-5-3-6-10-25)24(2)32-30-19-15-28(16-20-30)22-26-11-7-4-8-12-26;14-13-8-6-12(7-9-13)10-11-4-2-1-3-5-11;1-3(5)4(2)6/h3-20H,21-22H2,1-2H3;1-9H,10,14H2;1-2H3. The number of carbonyl (C=O) groups is 2. The van der Waals surface area contributed by atoms with Crippen LogP contribution in [0.15, 0.2) is 174 Å². The fraction of sp³-hybridized carbons (Fsp3) is 0.149. The molecule has 0 aliphatic carbocycles. The molecule has 0 saturated carbocycles. The van der Waals surface area contributed by atoms with Gasteiger partial charge in [0.2, 0.25) is 0 Å². The van der Waals surface area contributed by atoms with Crippen LogP contribution in [0.5, 0.6) is 0 Å². The molecule has 52 heavy (non-hydrogen) atoms. The number of Topliss-reactive ketones (excluding diaryl/α,β-unsaturated/α-hetero) is 2. The average molecular weight is 686 g/mol. The average Bonchev–Trinajstić information content (AvgIpc) is 3.16. The van der Waals surface area contributed by atoms with Crippen molar-refractivity contribution in [3.05, 3.63) is 197 Å². The fourth-order valence-electron chi connectivity index (χ4n) is 5.06. The predicted molar refractivity (Wildman–Crippen MR) is 218 cm³/mol. The van der Waals surface area contributed by atoms with Gasteiger partial charge in [0.1, 0.15) is 0 Å². The minimum absolute atomic E-state index is 0.380. The van der Waals surface area contributed by atoms with Crippen LogP contribution in [-0.2, 0) is 28.9 Å². The summed E-state index contributed by atoms with van der Waals surface area (Å²) in [4.78, 5) is 29.1. The zero-order valence-corrected chi connectivity index (χ0v) is 30.5. The highest BCUT2D eigenvalue weighted by molar-refractivity contribution is 6.41. The molecule has 5 nitrogen and oxygen atoms in total. The van der Waals surface area contributed by atoms with Gasteiger partial charge in [0, 0.05) is 19.5 Å². The molecular weight excluding hydrogens is 639 g/mol. The van der Waals surface area contributed by atoms with Gasteiger partial charge in [-0.3, -0.25) is 19.6 Å². The van der Waals surface area contributed by atoms with Crippen LogP contribution in [0.4, 0.5) is 17.1 Å². The van der Waals surface area contributed by atoms with E-state index in [0.29, 0.717) is 0 Å². The predicted octanol–water partition coefficient (Wildman–Crippen LogP) is 10.8. The third-order valence-electron chi connectivity index (χ3n) is 8.22. The summed E-state index contributed by atoms with van der Waals surface area (Å²) in [5, 5.41) is 0. The molecule has 0 radical (unpaired) electrons. The van der Waals surface area contributed by atoms with Gasteiger partial charge in [-0.25, -0.2) is 0 Å². The lowest BCUT2D eigenvalue weighted by Gasteiger charge is -2.05. The van der Waals surface area contributed by atoms with Crippen LogP contribution in [0, 0.1) is 0 Å². The Kier molecular flexibility index (Phi) is 15.2. The fourth-order valence-corrected chi connectivity index (χ4v) is 5.06. The zero-order valence-electron chi connectivity index (χ0n) is 30.5. The minimum Gasteiger partial charge on any atom is -0.399 e. The highest BCUT2D eigenvalue weighted by Crippen LogP contribution is 2.19. The topological polar surface area (TPSA) is 84.9 Å². The van der Waals surface area contributed by atoms with Gasteiger partial charge in [0.15, 0.2) is 11.6 Å². The Morgan fingerprint density at radius 2 is 0.635 bits per heavy atom. The molecule has 0 atom stereocenters. The number of hydrogen-bond donors (Lipinski definition) is 1. The highest BCUT2D eigenvalue weighted by Gasteiger charge is 2.02. The van der Waals surface area contributed by atoms with Crippen molar-refractivity contribution in [3.63, 3.8) is 0 Å². The Morgan fingerprint density at radius 3 is 0.904 bits per heavy atom. The molecule has 0 heterocycles. The van der Waals surface area contributed by atoms with Gasteiger partial charge in [-0.2, -0.15) is 0 Å². The van der Waals surface area contributed by atoms with E-state index in [1.807, 2.05) is 44.2 Å². The Labute approximate surface area is 308 Å². The monoisotopic (exact) mass is 685 g/mol. The van der Waals surface area contributed by atoms with E-state index in [1.54, 1.807) is 0 Å². The Morgan fingerprint density at radius 1 is 0.385 bits per heavy atom. The Hall–Kier alpha value is -6.20. The summed E-state index contributed by atoms with van der Waals surface area (Å²) in [6.07, 6.45) is 2.84. The van der Waals surface area contributed by atoms with Gasteiger partial charge in [-0.05, 0) is 103 Å². The molecule has 0 aliphatic rings. The second-order valence-corrected chi connectivity index (χ2v) is 12.6. The minimum atomic E-state index is -0.380. The lowest BCUT2D eigenvalue weighted by atomic mass is 10.0. The van der Waals surface area contributed by atoms with Crippen molar-refractivity contribution < 1.29 is 9.59 Å². The molecule has 6 rings (SSSR count). The van der Waals surface area contributed by atoms with Crippen LogP contribution in [0.3, 0.4) is 0 Å². The van der Waals surface area contributed by atoms with Gasteiger partial charge in [-0.1, -0.05) is 127 Å². The summed E-state index contributed by atoms with van der Waals surface area (Å²) in [6, 6.07) is 56.4. The number of nitrogen functional groups attached to an aromatic ring is 1. The molecular formula is C47H47N3O2. The van der Waals surface area contributed by atoms with Crippen LogP contribution >= 0.6 is 0 Å². The van der Waals surface area contributed by atoms with Crippen LogP contribution in [0.2, 0.25) is 0 Å². The van der Waals surface area contributed by atoms with Gasteiger partial charge in [0.25, 0.3) is 0 Å². The maximum absolute atomic E-state index is 9.79. The third kappa shape index (κ3) is 14.0. The summed E-state index contributed by atoms with van der Waals surface area (Å²) in [7, 11) is 0. The van der Waals surface area contributed by atoms with Crippen LogP contribution in [0.1, 0.15) is 61.1 Å². The summed E-state index contributed by atoms with van der Waals surface area (Å²) in [6.45, 7) is 6.53. The normalized spacial score (nSPS) is 11.0. The van der Waals surface area contributed by atoms with Crippen molar-refractivity contribution >= 4 is 40.1 Å². The molecule has 0 spiro atoms. The van der Waals surface area contributed by atoms with Crippen molar-refractivity contribution in [3.8, 4) is 0 Å². The lowest BCUT2D eigenvalue weighted by Crippen LogP contribution is -2.04. The van der Waals surface area contributed by atoms with E-state index < -0.39 is 0 Å². The van der Waals surface area contributed by atoms with Gasteiger partial charge in [-0.15, -0.1) is 0 Å². The molecule has 5 heteroatoms. The van der Waals surface area contributed by atoms with Gasteiger partial charge in [0.05, 0.1) is 22.8 Å². The largest absolute Gasteiger partial charge is 0.399 e. The summed E-state index contributed by atoms with van der Waals surface area (Å²) >= 11 is 0. The number of nitrogens with two attached hydrogens (primary N) is 1. The first-order chi connectivity index (χ1) is 25.1. The van der Waals surface area contributed by atoms with E-state index in [2.05, 4.69) is 133 Å². The zero-order chi connectivity index (χ0) is 37.1. The van der Waals surface area contributed by atoms with Crippen molar-refractivity contribution in [2.24, 2.45) is 9.98 Å².